The molecule has 116 valence electrons. The van der Waals surface area contributed by atoms with Gasteiger partial charge in [0, 0.05) is 11.1 Å². The number of nitrogens with zero attached hydrogens (tertiary/aromatic N) is 2. The number of benzene rings is 1. The quantitative estimate of drug-likeness (QED) is 0.824. The SMILES string of the molecule is O=C(CNCC1CC1)Nc1ccnn1Cc1ccc(Cl)cc1. The number of aromatic nitrogens is 2. The Bertz CT molecular complexity index is 634. The molecule has 22 heavy (non-hydrogen) atoms. The van der Waals surface area contributed by atoms with E-state index in [0.717, 1.165) is 18.0 Å². The van der Waals surface area contributed by atoms with Crippen LogP contribution in [-0.4, -0.2) is 28.8 Å². The number of rotatable bonds is 7. The molecule has 0 unspecified atom stereocenters. The van der Waals surface area contributed by atoms with Crippen LogP contribution < -0.4 is 10.6 Å². The fourth-order valence-corrected chi connectivity index (χ4v) is 2.35. The number of hydrogen-bond donors (Lipinski definition) is 2. The first kappa shape index (κ1) is 15.1. The summed E-state index contributed by atoms with van der Waals surface area (Å²) in [5.41, 5.74) is 1.08. The molecule has 0 radical (unpaired) electrons. The molecule has 5 nitrogen and oxygen atoms in total. The van der Waals surface area contributed by atoms with Crippen LogP contribution in [0.1, 0.15) is 18.4 Å². The number of nitrogens with one attached hydrogen (secondary N) is 2. The van der Waals surface area contributed by atoms with Gasteiger partial charge in [0.25, 0.3) is 0 Å². The predicted molar refractivity (Wildman–Crippen MR) is 87.0 cm³/mol. The van der Waals surface area contributed by atoms with Crippen LogP contribution in [-0.2, 0) is 11.3 Å². The monoisotopic (exact) mass is 318 g/mol. The lowest BCUT2D eigenvalue weighted by Crippen LogP contribution is -2.30. The van der Waals surface area contributed by atoms with Gasteiger partial charge in [-0.1, -0.05) is 23.7 Å². The van der Waals surface area contributed by atoms with Crippen LogP contribution >= 0.6 is 11.6 Å². The molecule has 1 saturated carbocycles. The maximum absolute atomic E-state index is 11.9. The normalized spacial score (nSPS) is 14.0. The van der Waals surface area contributed by atoms with Crippen molar-refractivity contribution in [3.8, 4) is 0 Å². The molecule has 1 aliphatic rings. The van der Waals surface area contributed by atoms with Gasteiger partial charge < -0.3 is 10.6 Å². The molecule has 0 bridgehead atoms. The number of carbonyl (C=O) groups excluding carboxylic acids is 1. The zero-order chi connectivity index (χ0) is 15.4. The molecular formula is C16H19ClN4O. The van der Waals surface area contributed by atoms with Gasteiger partial charge in [-0.05, 0) is 43.0 Å². The molecule has 0 spiro atoms. The van der Waals surface area contributed by atoms with Gasteiger partial charge in [-0.25, -0.2) is 4.68 Å². The zero-order valence-corrected chi connectivity index (χ0v) is 13.0. The van der Waals surface area contributed by atoms with E-state index in [9.17, 15) is 4.79 Å². The highest BCUT2D eigenvalue weighted by Crippen LogP contribution is 2.27. The van der Waals surface area contributed by atoms with E-state index in [4.69, 9.17) is 11.6 Å². The molecule has 6 heteroatoms. The lowest BCUT2D eigenvalue weighted by molar-refractivity contribution is -0.115. The molecule has 0 aliphatic heterocycles. The van der Waals surface area contributed by atoms with Crippen molar-refractivity contribution in [1.29, 1.82) is 0 Å². The van der Waals surface area contributed by atoms with E-state index in [1.54, 1.807) is 16.9 Å². The van der Waals surface area contributed by atoms with E-state index in [-0.39, 0.29) is 5.91 Å². The molecule has 3 rings (SSSR count). The van der Waals surface area contributed by atoms with Gasteiger partial charge in [0.15, 0.2) is 0 Å². The Hall–Kier alpha value is -1.85. The van der Waals surface area contributed by atoms with Crippen LogP contribution in [0, 0.1) is 5.92 Å². The van der Waals surface area contributed by atoms with Crippen molar-refractivity contribution in [2.24, 2.45) is 5.92 Å². The van der Waals surface area contributed by atoms with E-state index in [0.29, 0.717) is 23.9 Å². The summed E-state index contributed by atoms with van der Waals surface area (Å²) in [5.74, 6) is 1.43. The van der Waals surface area contributed by atoms with E-state index >= 15 is 0 Å². The van der Waals surface area contributed by atoms with Crippen molar-refractivity contribution >= 4 is 23.3 Å². The molecule has 1 fully saturated rings. The van der Waals surface area contributed by atoms with Crippen molar-refractivity contribution < 1.29 is 4.79 Å². The third kappa shape index (κ3) is 4.32. The number of halogens is 1. The maximum Gasteiger partial charge on any atom is 0.239 e. The summed E-state index contributed by atoms with van der Waals surface area (Å²) in [6.07, 6.45) is 4.24. The molecule has 2 aromatic rings. The Balaban J connectivity index is 1.54. The summed E-state index contributed by atoms with van der Waals surface area (Å²) in [7, 11) is 0. The number of amides is 1. The Morgan fingerprint density at radius 1 is 1.27 bits per heavy atom. The zero-order valence-electron chi connectivity index (χ0n) is 12.3. The molecule has 0 atom stereocenters. The smallest absolute Gasteiger partial charge is 0.239 e. The summed E-state index contributed by atoms with van der Waals surface area (Å²) in [6.45, 7) is 1.86. The van der Waals surface area contributed by atoms with Gasteiger partial charge in [-0.3, -0.25) is 4.79 Å². The van der Waals surface area contributed by atoms with Crippen molar-refractivity contribution in [2.75, 3.05) is 18.4 Å². The van der Waals surface area contributed by atoms with Gasteiger partial charge in [-0.2, -0.15) is 5.10 Å². The second-order valence-corrected chi connectivity index (χ2v) is 6.06. The first-order valence-corrected chi connectivity index (χ1v) is 7.85. The van der Waals surface area contributed by atoms with Crippen molar-refractivity contribution in [3.05, 3.63) is 47.1 Å². The van der Waals surface area contributed by atoms with Gasteiger partial charge in [0.2, 0.25) is 5.91 Å². The van der Waals surface area contributed by atoms with Crippen LogP contribution in [0.15, 0.2) is 36.5 Å². The molecule has 2 N–H and O–H groups in total. The van der Waals surface area contributed by atoms with Crippen LogP contribution in [0.25, 0.3) is 0 Å². The van der Waals surface area contributed by atoms with Crippen LogP contribution in [0.3, 0.4) is 0 Å². The average Bonchev–Trinajstić information content (AvgIpc) is 3.23. The Labute approximate surface area is 134 Å². The Kier molecular flexibility index (Phi) is 4.75. The highest BCUT2D eigenvalue weighted by molar-refractivity contribution is 6.30. The molecule has 1 aliphatic carbocycles. The average molecular weight is 319 g/mol. The van der Waals surface area contributed by atoms with E-state index in [1.165, 1.54) is 12.8 Å². The molecule has 1 heterocycles. The number of carbonyl (C=O) groups is 1. The molecule has 0 saturated heterocycles. The topological polar surface area (TPSA) is 59.0 Å². The maximum atomic E-state index is 11.9. The van der Waals surface area contributed by atoms with Crippen LogP contribution in [0.4, 0.5) is 5.82 Å². The molecule has 1 aromatic carbocycles. The summed E-state index contributed by atoms with van der Waals surface area (Å²) in [5, 5.41) is 11.0. The number of hydrogen-bond acceptors (Lipinski definition) is 3. The minimum absolute atomic E-state index is 0.0430. The molecular weight excluding hydrogens is 300 g/mol. The predicted octanol–water partition coefficient (Wildman–Crippen LogP) is 2.52. The van der Waals surface area contributed by atoms with Crippen molar-refractivity contribution in [2.45, 2.75) is 19.4 Å². The summed E-state index contributed by atoms with van der Waals surface area (Å²) < 4.78 is 1.77. The first-order valence-electron chi connectivity index (χ1n) is 7.47. The van der Waals surface area contributed by atoms with Crippen molar-refractivity contribution in [3.63, 3.8) is 0 Å². The van der Waals surface area contributed by atoms with E-state index in [1.807, 2.05) is 24.3 Å². The largest absolute Gasteiger partial charge is 0.310 e. The summed E-state index contributed by atoms with van der Waals surface area (Å²) in [6, 6.07) is 9.40. The summed E-state index contributed by atoms with van der Waals surface area (Å²) >= 11 is 5.88. The fourth-order valence-electron chi connectivity index (χ4n) is 2.23. The minimum atomic E-state index is -0.0430. The highest BCUT2D eigenvalue weighted by atomic mass is 35.5. The fraction of sp³-hybridized carbons (Fsp3) is 0.375. The first-order chi connectivity index (χ1) is 10.7. The van der Waals surface area contributed by atoms with Crippen molar-refractivity contribution in [1.82, 2.24) is 15.1 Å². The molecule has 1 amide bonds. The van der Waals surface area contributed by atoms with Crippen LogP contribution in [0.5, 0.6) is 0 Å². The Morgan fingerprint density at radius 2 is 2.05 bits per heavy atom. The highest BCUT2D eigenvalue weighted by Gasteiger charge is 2.20. The van der Waals surface area contributed by atoms with Gasteiger partial charge >= 0.3 is 0 Å². The lowest BCUT2D eigenvalue weighted by Gasteiger charge is -2.10. The Morgan fingerprint density at radius 3 is 2.77 bits per heavy atom. The van der Waals surface area contributed by atoms with Crippen LogP contribution in [0.2, 0.25) is 5.02 Å². The summed E-state index contributed by atoms with van der Waals surface area (Å²) in [4.78, 5) is 11.9. The number of anilines is 1. The lowest BCUT2D eigenvalue weighted by atomic mass is 10.2. The van der Waals surface area contributed by atoms with Gasteiger partial charge in [0.05, 0.1) is 19.3 Å². The minimum Gasteiger partial charge on any atom is -0.310 e. The third-order valence-electron chi connectivity index (χ3n) is 3.65. The van der Waals surface area contributed by atoms with Gasteiger partial charge in [0.1, 0.15) is 5.82 Å². The molecule has 1 aromatic heterocycles. The van der Waals surface area contributed by atoms with E-state index < -0.39 is 0 Å². The van der Waals surface area contributed by atoms with Gasteiger partial charge in [-0.15, -0.1) is 0 Å². The standard InChI is InChI=1S/C16H19ClN4O/c17-14-5-3-13(4-6-14)11-21-15(7-8-19-21)20-16(22)10-18-9-12-1-2-12/h3-8,12,18H,1-2,9-11H2,(H,20,22). The third-order valence-corrected chi connectivity index (χ3v) is 3.90. The van der Waals surface area contributed by atoms with E-state index in [2.05, 4.69) is 15.7 Å². The second-order valence-electron chi connectivity index (χ2n) is 5.62. The second kappa shape index (κ2) is 6.94.